The Hall–Kier alpha value is -4.23. The van der Waals surface area contributed by atoms with E-state index in [1.807, 2.05) is 30.3 Å². The van der Waals surface area contributed by atoms with E-state index < -0.39 is 17.8 Å². The second kappa shape index (κ2) is 9.56. The number of urea groups is 1. The lowest BCUT2D eigenvalue weighted by atomic mass is 10.1. The van der Waals surface area contributed by atoms with Crippen molar-refractivity contribution < 1.29 is 19.1 Å². The Labute approximate surface area is 209 Å². The second-order valence-electron chi connectivity index (χ2n) is 7.93. The number of rotatable bonds is 5. The summed E-state index contributed by atoms with van der Waals surface area (Å²) in [5, 5.41) is 4.50. The van der Waals surface area contributed by atoms with Gasteiger partial charge >= 0.3 is 6.03 Å². The topological polar surface area (TPSA) is 75.7 Å². The van der Waals surface area contributed by atoms with Crippen LogP contribution in [0.3, 0.4) is 0 Å². The Balaban J connectivity index is 1.39. The number of barbiturate groups is 1. The van der Waals surface area contributed by atoms with Crippen molar-refractivity contribution in [3.05, 3.63) is 112 Å². The Morgan fingerprint density at radius 3 is 2.43 bits per heavy atom. The molecule has 5 rings (SSSR count). The molecular formula is C28H19BrN2O4. The molecule has 0 aliphatic carbocycles. The first-order chi connectivity index (χ1) is 17.0. The van der Waals surface area contributed by atoms with E-state index >= 15 is 0 Å². The summed E-state index contributed by atoms with van der Waals surface area (Å²) < 4.78 is 6.82. The van der Waals surface area contributed by atoms with Crippen molar-refractivity contribution >= 4 is 56.3 Å². The number of nitrogens with one attached hydrogen (secondary N) is 1. The molecular weight excluding hydrogens is 508 g/mol. The molecule has 1 fully saturated rings. The third-order valence-electron chi connectivity index (χ3n) is 5.63. The summed E-state index contributed by atoms with van der Waals surface area (Å²) in [5.74, 6) is -0.838. The maximum atomic E-state index is 13.1. The predicted molar refractivity (Wildman–Crippen MR) is 138 cm³/mol. The first kappa shape index (κ1) is 22.6. The molecule has 4 amide bonds. The van der Waals surface area contributed by atoms with Gasteiger partial charge in [0.25, 0.3) is 11.8 Å². The number of nitrogens with zero attached hydrogens (tertiary/aromatic N) is 1. The average molecular weight is 527 g/mol. The van der Waals surface area contributed by atoms with E-state index in [0.29, 0.717) is 23.6 Å². The minimum absolute atomic E-state index is 0.140. The summed E-state index contributed by atoms with van der Waals surface area (Å²) in [6, 6.07) is 27.2. The summed E-state index contributed by atoms with van der Waals surface area (Å²) in [5.41, 5.74) is 1.88. The first-order valence-electron chi connectivity index (χ1n) is 10.9. The summed E-state index contributed by atoms with van der Waals surface area (Å²) in [7, 11) is 0. The van der Waals surface area contributed by atoms with Crippen LogP contribution in [0.25, 0.3) is 16.8 Å². The van der Waals surface area contributed by atoms with Crippen LogP contribution in [0.1, 0.15) is 11.1 Å². The van der Waals surface area contributed by atoms with Gasteiger partial charge in [-0.15, -0.1) is 0 Å². The number of fused-ring (bicyclic) bond motifs is 1. The first-order valence-corrected chi connectivity index (χ1v) is 11.7. The quantitative estimate of drug-likeness (QED) is 0.261. The Bertz CT molecular complexity index is 1490. The lowest BCUT2D eigenvalue weighted by Crippen LogP contribution is -2.54. The van der Waals surface area contributed by atoms with Gasteiger partial charge in [-0.2, -0.15) is 0 Å². The molecule has 35 heavy (non-hydrogen) atoms. The fourth-order valence-corrected chi connectivity index (χ4v) is 4.19. The summed E-state index contributed by atoms with van der Waals surface area (Å²) >= 11 is 3.33. The molecule has 1 saturated heterocycles. The van der Waals surface area contributed by atoms with Crippen LogP contribution in [0.2, 0.25) is 0 Å². The van der Waals surface area contributed by atoms with Gasteiger partial charge in [0, 0.05) is 4.47 Å². The highest BCUT2D eigenvalue weighted by Gasteiger charge is 2.36. The van der Waals surface area contributed by atoms with E-state index in [4.69, 9.17) is 4.74 Å². The van der Waals surface area contributed by atoms with Crippen molar-refractivity contribution in [2.75, 3.05) is 4.90 Å². The zero-order valence-electron chi connectivity index (χ0n) is 18.4. The number of hydrogen-bond acceptors (Lipinski definition) is 4. The van der Waals surface area contributed by atoms with Gasteiger partial charge in [-0.05, 0) is 64.4 Å². The van der Waals surface area contributed by atoms with Gasteiger partial charge in [-0.1, -0.05) is 70.5 Å². The number of hydrogen-bond donors (Lipinski definition) is 1. The number of carbonyl (C=O) groups excluding carboxylic acids is 3. The standard InChI is InChI=1S/C28H19BrN2O4/c29-21-11-13-22(14-12-21)31-27(33)25(26(32)30-28(31)34)16-18-5-3-9-23(15-18)35-17-20-8-4-7-19-6-1-2-10-24(19)20/h1-16H,17H2,(H,30,32,34)/b25-16-. The van der Waals surface area contributed by atoms with Crippen LogP contribution in [0.15, 0.2) is 101 Å². The van der Waals surface area contributed by atoms with Gasteiger partial charge in [-0.3, -0.25) is 14.9 Å². The molecule has 0 radical (unpaired) electrons. The summed E-state index contributed by atoms with van der Waals surface area (Å²) in [6.07, 6.45) is 1.46. The molecule has 0 spiro atoms. The molecule has 4 aromatic carbocycles. The van der Waals surface area contributed by atoms with Crippen molar-refractivity contribution in [2.24, 2.45) is 0 Å². The SMILES string of the molecule is O=C1NC(=O)N(c2ccc(Br)cc2)C(=O)/C1=C\c1cccc(OCc2cccc3ccccc23)c1. The molecule has 4 aromatic rings. The van der Waals surface area contributed by atoms with Crippen LogP contribution in [-0.2, 0) is 16.2 Å². The molecule has 1 aliphatic rings. The highest BCUT2D eigenvalue weighted by Crippen LogP contribution is 2.25. The number of ether oxygens (including phenoxy) is 1. The third kappa shape index (κ3) is 4.72. The van der Waals surface area contributed by atoms with E-state index in [2.05, 4.69) is 39.4 Å². The fourth-order valence-electron chi connectivity index (χ4n) is 3.92. The molecule has 0 unspecified atom stereocenters. The fraction of sp³-hybridized carbons (Fsp3) is 0.0357. The Kier molecular flexibility index (Phi) is 6.16. The number of imide groups is 2. The number of benzene rings is 4. The van der Waals surface area contributed by atoms with Gasteiger partial charge in [0.15, 0.2) is 0 Å². The molecule has 0 atom stereocenters. The van der Waals surface area contributed by atoms with Gasteiger partial charge < -0.3 is 4.74 Å². The number of amides is 4. The van der Waals surface area contributed by atoms with Gasteiger partial charge in [0.2, 0.25) is 0 Å². The van der Waals surface area contributed by atoms with Crippen LogP contribution < -0.4 is 15.0 Å². The van der Waals surface area contributed by atoms with E-state index in [1.165, 1.54) is 6.08 Å². The summed E-state index contributed by atoms with van der Waals surface area (Å²) in [4.78, 5) is 38.9. The molecule has 0 bridgehead atoms. The van der Waals surface area contributed by atoms with E-state index in [-0.39, 0.29) is 5.57 Å². The van der Waals surface area contributed by atoms with Crippen LogP contribution in [0.5, 0.6) is 5.75 Å². The minimum Gasteiger partial charge on any atom is -0.489 e. The summed E-state index contributed by atoms with van der Waals surface area (Å²) in [6.45, 7) is 0.368. The van der Waals surface area contributed by atoms with Crippen LogP contribution in [0.4, 0.5) is 10.5 Å². The molecule has 0 saturated carbocycles. The Morgan fingerprint density at radius 1 is 0.857 bits per heavy atom. The molecule has 0 aromatic heterocycles. The Morgan fingerprint density at radius 2 is 1.60 bits per heavy atom. The molecule has 1 aliphatic heterocycles. The smallest absolute Gasteiger partial charge is 0.335 e. The van der Waals surface area contributed by atoms with Gasteiger partial charge in [0.1, 0.15) is 17.9 Å². The third-order valence-corrected chi connectivity index (χ3v) is 6.16. The monoisotopic (exact) mass is 526 g/mol. The van der Waals surface area contributed by atoms with Crippen molar-refractivity contribution in [1.82, 2.24) is 5.32 Å². The van der Waals surface area contributed by atoms with Crippen molar-refractivity contribution in [1.29, 1.82) is 0 Å². The van der Waals surface area contributed by atoms with Gasteiger partial charge in [-0.25, -0.2) is 9.69 Å². The van der Waals surface area contributed by atoms with E-state index in [0.717, 1.165) is 25.7 Å². The average Bonchev–Trinajstić information content (AvgIpc) is 2.86. The second-order valence-corrected chi connectivity index (χ2v) is 8.85. The zero-order chi connectivity index (χ0) is 24.4. The molecule has 7 heteroatoms. The number of halogens is 1. The molecule has 6 nitrogen and oxygen atoms in total. The molecule has 1 heterocycles. The van der Waals surface area contributed by atoms with Crippen LogP contribution >= 0.6 is 15.9 Å². The highest BCUT2D eigenvalue weighted by atomic mass is 79.9. The van der Waals surface area contributed by atoms with Crippen molar-refractivity contribution in [2.45, 2.75) is 6.61 Å². The maximum Gasteiger partial charge on any atom is 0.335 e. The van der Waals surface area contributed by atoms with Gasteiger partial charge in [0.05, 0.1) is 5.69 Å². The maximum absolute atomic E-state index is 13.1. The zero-order valence-corrected chi connectivity index (χ0v) is 20.0. The highest BCUT2D eigenvalue weighted by molar-refractivity contribution is 9.10. The largest absolute Gasteiger partial charge is 0.489 e. The number of anilines is 1. The predicted octanol–water partition coefficient (Wildman–Crippen LogP) is 5.85. The minimum atomic E-state index is -0.786. The van der Waals surface area contributed by atoms with Crippen molar-refractivity contribution in [3.63, 3.8) is 0 Å². The number of carbonyl (C=O) groups is 3. The van der Waals surface area contributed by atoms with Crippen LogP contribution in [0, 0.1) is 0 Å². The molecule has 172 valence electrons. The lowest BCUT2D eigenvalue weighted by molar-refractivity contribution is -0.122. The van der Waals surface area contributed by atoms with Crippen molar-refractivity contribution in [3.8, 4) is 5.75 Å². The lowest BCUT2D eigenvalue weighted by Gasteiger charge is -2.26. The normalized spacial score (nSPS) is 14.9. The van der Waals surface area contributed by atoms with Crippen LogP contribution in [-0.4, -0.2) is 17.8 Å². The van der Waals surface area contributed by atoms with E-state index in [1.54, 1.807) is 42.5 Å². The molecule has 1 N–H and O–H groups in total. The van der Waals surface area contributed by atoms with E-state index in [9.17, 15) is 14.4 Å².